The first-order chi connectivity index (χ1) is 15.1. The molecule has 4 rings (SSSR count). The minimum Gasteiger partial charge on any atom is -0.340 e. The predicted octanol–water partition coefficient (Wildman–Crippen LogP) is 3.24. The summed E-state index contributed by atoms with van der Waals surface area (Å²) >= 11 is 0. The molecule has 0 bridgehead atoms. The van der Waals surface area contributed by atoms with Crippen LogP contribution in [0.4, 0.5) is 13.2 Å². The molecule has 178 valence electrons. The van der Waals surface area contributed by atoms with Crippen LogP contribution in [0.3, 0.4) is 0 Å². The van der Waals surface area contributed by atoms with Crippen molar-refractivity contribution in [1.82, 2.24) is 14.5 Å². The van der Waals surface area contributed by atoms with Crippen LogP contribution in [0.15, 0.2) is 29.2 Å². The van der Waals surface area contributed by atoms with Gasteiger partial charge in [0.25, 0.3) is 0 Å². The van der Waals surface area contributed by atoms with Gasteiger partial charge in [0.15, 0.2) is 0 Å². The third-order valence-corrected chi connectivity index (χ3v) is 8.64. The highest BCUT2D eigenvalue weighted by Gasteiger charge is 2.35. The van der Waals surface area contributed by atoms with Crippen LogP contribution in [-0.4, -0.2) is 62.4 Å². The molecule has 0 aromatic heterocycles. The van der Waals surface area contributed by atoms with Gasteiger partial charge in [-0.05, 0) is 62.8 Å². The van der Waals surface area contributed by atoms with Crippen molar-refractivity contribution in [3.8, 4) is 0 Å². The van der Waals surface area contributed by atoms with Gasteiger partial charge in [-0.25, -0.2) is 13.1 Å². The number of hydrogen-bond acceptors (Lipinski definition) is 4. The SMILES string of the molecule is O=C([C@H]1CC[C@H](NS(=O)(=O)c2ccc(C(F)(F)F)cc2)CC1)N1CCN(C2CCC2)CC1. The maximum absolute atomic E-state index is 12.9. The van der Waals surface area contributed by atoms with Crippen molar-refractivity contribution in [2.24, 2.45) is 5.92 Å². The molecule has 1 aromatic rings. The summed E-state index contributed by atoms with van der Waals surface area (Å²) in [5, 5.41) is 0. The summed E-state index contributed by atoms with van der Waals surface area (Å²) in [7, 11) is -3.91. The van der Waals surface area contributed by atoms with Crippen molar-refractivity contribution in [2.75, 3.05) is 26.2 Å². The van der Waals surface area contributed by atoms with E-state index in [4.69, 9.17) is 0 Å². The van der Waals surface area contributed by atoms with E-state index in [1.165, 1.54) is 19.3 Å². The van der Waals surface area contributed by atoms with E-state index in [1.54, 1.807) is 0 Å². The van der Waals surface area contributed by atoms with E-state index in [-0.39, 0.29) is 22.8 Å². The zero-order valence-corrected chi connectivity index (χ0v) is 18.8. The lowest BCUT2D eigenvalue weighted by molar-refractivity contribution is -0.139. The summed E-state index contributed by atoms with van der Waals surface area (Å²) in [6.07, 6.45) is 1.63. The van der Waals surface area contributed by atoms with Gasteiger partial charge in [-0.15, -0.1) is 0 Å². The Morgan fingerprint density at radius 1 is 0.906 bits per heavy atom. The fourth-order valence-corrected chi connectivity index (χ4v) is 6.19. The molecule has 2 aliphatic carbocycles. The second-order valence-electron chi connectivity index (χ2n) is 9.14. The molecule has 0 atom stereocenters. The van der Waals surface area contributed by atoms with E-state index in [1.807, 2.05) is 4.90 Å². The second-order valence-corrected chi connectivity index (χ2v) is 10.9. The Labute approximate surface area is 187 Å². The molecular weight excluding hydrogens is 443 g/mol. The van der Waals surface area contributed by atoms with E-state index in [9.17, 15) is 26.4 Å². The number of nitrogens with one attached hydrogen (secondary N) is 1. The highest BCUT2D eigenvalue weighted by Crippen LogP contribution is 2.31. The largest absolute Gasteiger partial charge is 0.416 e. The number of piperazine rings is 1. The number of amides is 1. The molecule has 1 N–H and O–H groups in total. The van der Waals surface area contributed by atoms with Crippen molar-refractivity contribution in [3.63, 3.8) is 0 Å². The van der Waals surface area contributed by atoms with Gasteiger partial charge >= 0.3 is 6.18 Å². The summed E-state index contributed by atoms with van der Waals surface area (Å²) in [6.45, 7) is 3.38. The van der Waals surface area contributed by atoms with Gasteiger partial charge in [-0.2, -0.15) is 13.2 Å². The van der Waals surface area contributed by atoms with Crippen LogP contribution in [0.2, 0.25) is 0 Å². The van der Waals surface area contributed by atoms with Crippen LogP contribution in [0.1, 0.15) is 50.5 Å². The molecule has 0 radical (unpaired) electrons. The van der Waals surface area contributed by atoms with Gasteiger partial charge in [0.1, 0.15) is 0 Å². The normalized spacial score (nSPS) is 26.0. The highest BCUT2D eigenvalue weighted by atomic mass is 32.2. The lowest BCUT2D eigenvalue weighted by atomic mass is 9.85. The van der Waals surface area contributed by atoms with Crippen LogP contribution in [0.5, 0.6) is 0 Å². The van der Waals surface area contributed by atoms with Crippen LogP contribution in [0.25, 0.3) is 0 Å². The molecule has 32 heavy (non-hydrogen) atoms. The maximum Gasteiger partial charge on any atom is 0.416 e. The van der Waals surface area contributed by atoms with Crippen molar-refractivity contribution < 1.29 is 26.4 Å². The van der Waals surface area contributed by atoms with Crippen LogP contribution in [0, 0.1) is 5.92 Å². The fraction of sp³-hybridized carbons (Fsp3) is 0.682. The van der Waals surface area contributed by atoms with E-state index in [0.29, 0.717) is 31.7 Å². The molecule has 0 spiro atoms. The molecule has 0 unspecified atom stereocenters. The van der Waals surface area contributed by atoms with E-state index < -0.39 is 21.8 Å². The number of halogens is 3. The average molecular weight is 474 g/mol. The van der Waals surface area contributed by atoms with Gasteiger partial charge < -0.3 is 4.90 Å². The summed E-state index contributed by atoms with van der Waals surface area (Å²) in [5.74, 6) is 0.0828. The number of carbonyl (C=O) groups is 1. The summed E-state index contributed by atoms with van der Waals surface area (Å²) in [6, 6.07) is 3.87. The first-order valence-electron chi connectivity index (χ1n) is 11.4. The predicted molar refractivity (Wildman–Crippen MR) is 113 cm³/mol. The van der Waals surface area contributed by atoms with Crippen molar-refractivity contribution >= 4 is 15.9 Å². The van der Waals surface area contributed by atoms with Crippen molar-refractivity contribution in [2.45, 2.75) is 68.1 Å². The molecule has 3 aliphatic rings. The Kier molecular flexibility index (Phi) is 6.84. The topological polar surface area (TPSA) is 69.7 Å². The lowest BCUT2D eigenvalue weighted by Crippen LogP contribution is -2.54. The number of sulfonamides is 1. The first-order valence-corrected chi connectivity index (χ1v) is 12.8. The Hall–Kier alpha value is -1.65. The zero-order chi connectivity index (χ0) is 22.9. The molecule has 6 nitrogen and oxygen atoms in total. The van der Waals surface area contributed by atoms with Gasteiger partial charge in [-0.3, -0.25) is 9.69 Å². The lowest BCUT2D eigenvalue weighted by Gasteiger charge is -2.44. The molecule has 1 aliphatic heterocycles. The van der Waals surface area contributed by atoms with Crippen molar-refractivity contribution in [3.05, 3.63) is 29.8 Å². The molecule has 10 heteroatoms. The number of nitrogens with zero attached hydrogens (tertiary/aromatic N) is 2. The summed E-state index contributed by atoms with van der Waals surface area (Å²) in [4.78, 5) is 17.2. The summed E-state index contributed by atoms with van der Waals surface area (Å²) in [5.41, 5.74) is -0.885. The number of alkyl halides is 3. The Balaban J connectivity index is 1.25. The number of rotatable bonds is 5. The van der Waals surface area contributed by atoms with E-state index in [0.717, 1.165) is 50.4 Å². The second kappa shape index (κ2) is 9.30. The first kappa shape index (κ1) is 23.5. The standard InChI is InChI=1S/C22H30F3N3O3S/c23-22(24,25)17-6-10-20(11-7-17)32(30,31)26-18-8-4-16(5-9-18)21(29)28-14-12-27(13-15-28)19-2-1-3-19/h6-7,10-11,16,18-19,26H,1-5,8-9,12-15H2/t16-,18-. The summed E-state index contributed by atoms with van der Waals surface area (Å²) < 4.78 is 65.8. The molecule has 1 heterocycles. The molecule has 1 aromatic carbocycles. The molecule has 1 saturated heterocycles. The third kappa shape index (κ3) is 5.28. The van der Waals surface area contributed by atoms with Crippen LogP contribution in [-0.2, 0) is 21.0 Å². The average Bonchev–Trinajstić information content (AvgIpc) is 2.72. The Morgan fingerprint density at radius 3 is 2.00 bits per heavy atom. The maximum atomic E-state index is 12.9. The minimum atomic E-state index is -4.51. The molecule has 3 fully saturated rings. The van der Waals surface area contributed by atoms with Gasteiger partial charge in [0, 0.05) is 44.2 Å². The number of hydrogen-bond donors (Lipinski definition) is 1. The zero-order valence-electron chi connectivity index (χ0n) is 18.0. The smallest absolute Gasteiger partial charge is 0.340 e. The Morgan fingerprint density at radius 2 is 1.50 bits per heavy atom. The number of carbonyl (C=O) groups excluding carboxylic acids is 1. The number of benzene rings is 1. The quantitative estimate of drug-likeness (QED) is 0.713. The fourth-order valence-electron chi connectivity index (χ4n) is 4.89. The highest BCUT2D eigenvalue weighted by molar-refractivity contribution is 7.89. The Bertz CT molecular complexity index is 901. The van der Waals surface area contributed by atoms with Gasteiger partial charge in [0.2, 0.25) is 15.9 Å². The molecule has 1 amide bonds. The molecular formula is C22H30F3N3O3S. The van der Waals surface area contributed by atoms with Crippen LogP contribution < -0.4 is 4.72 Å². The van der Waals surface area contributed by atoms with Gasteiger partial charge in [0.05, 0.1) is 10.5 Å². The van der Waals surface area contributed by atoms with Crippen molar-refractivity contribution in [1.29, 1.82) is 0 Å². The van der Waals surface area contributed by atoms with Gasteiger partial charge in [-0.1, -0.05) is 6.42 Å². The minimum absolute atomic E-state index is 0.0860. The monoisotopic (exact) mass is 473 g/mol. The third-order valence-electron chi connectivity index (χ3n) is 7.11. The molecule has 2 saturated carbocycles. The van der Waals surface area contributed by atoms with E-state index >= 15 is 0 Å². The van der Waals surface area contributed by atoms with E-state index in [2.05, 4.69) is 9.62 Å². The van der Waals surface area contributed by atoms with Crippen LogP contribution >= 0.6 is 0 Å².